The molecule has 146 valence electrons. The van der Waals surface area contributed by atoms with Crippen LogP contribution < -0.4 is 15.0 Å². The summed E-state index contributed by atoms with van der Waals surface area (Å²) in [7, 11) is 1.66. The van der Waals surface area contributed by atoms with E-state index in [4.69, 9.17) is 17.0 Å². The van der Waals surface area contributed by atoms with Crippen LogP contribution in [0, 0.1) is 3.95 Å². The number of benzene rings is 2. The van der Waals surface area contributed by atoms with Gasteiger partial charge in [0.25, 0.3) is 0 Å². The monoisotopic (exact) mass is 413 g/mol. The lowest BCUT2D eigenvalue weighted by Gasteiger charge is -2.35. The molecule has 0 spiro atoms. The van der Waals surface area contributed by atoms with Crippen molar-refractivity contribution in [2.75, 3.05) is 43.5 Å². The lowest BCUT2D eigenvalue weighted by atomic mass is 10.2. The standard InChI is InChI=1S/C20H23N5OS2/c1-26-18-10-6-5-9-17(18)21-19-22-25(20(27)28-19)15-23-11-13-24(14-12-23)16-7-3-2-4-8-16/h2-10H,11-15H2,1H3,(H,21,22). The molecule has 0 radical (unpaired) electrons. The maximum absolute atomic E-state index is 5.53. The minimum atomic E-state index is 0.714. The van der Waals surface area contributed by atoms with Crippen LogP contribution in [-0.4, -0.2) is 48.0 Å². The van der Waals surface area contributed by atoms with E-state index in [1.807, 2.05) is 28.9 Å². The minimum Gasteiger partial charge on any atom is -0.495 e. The number of para-hydroxylation sites is 3. The summed E-state index contributed by atoms with van der Waals surface area (Å²) in [4.78, 5) is 4.81. The highest BCUT2D eigenvalue weighted by Crippen LogP contribution is 2.28. The number of hydrogen-bond acceptors (Lipinski definition) is 7. The zero-order valence-corrected chi connectivity index (χ0v) is 17.4. The summed E-state index contributed by atoms with van der Waals surface area (Å²) >= 11 is 7.01. The zero-order valence-electron chi connectivity index (χ0n) is 15.7. The normalized spacial score (nSPS) is 14.8. The number of aromatic nitrogens is 2. The second kappa shape index (κ2) is 8.72. The number of nitrogens with zero attached hydrogens (tertiary/aromatic N) is 4. The number of ether oxygens (including phenoxy) is 1. The molecular formula is C20H23N5OS2. The van der Waals surface area contributed by atoms with Gasteiger partial charge in [0, 0.05) is 31.9 Å². The van der Waals surface area contributed by atoms with Crippen molar-refractivity contribution in [2.24, 2.45) is 0 Å². The van der Waals surface area contributed by atoms with Gasteiger partial charge in [0.1, 0.15) is 5.75 Å². The molecule has 4 rings (SSSR count). The largest absolute Gasteiger partial charge is 0.495 e. The molecular weight excluding hydrogens is 390 g/mol. The molecule has 0 saturated carbocycles. The second-order valence-electron chi connectivity index (χ2n) is 6.58. The number of rotatable bonds is 6. The lowest BCUT2D eigenvalue weighted by Crippen LogP contribution is -2.46. The van der Waals surface area contributed by atoms with Crippen LogP contribution in [0.3, 0.4) is 0 Å². The van der Waals surface area contributed by atoms with Gasteiger partial charge in [-0.1, -0.05) is 41.7 Å². The van der Waals surface area contributed by atoms with Crippen molar-refractivity contribution in [3.8, 4) is 5.75 Å². The molecule has 1 fully saturated rings. The molecule has 1 saturated heterocycles. The van der Waals surface area contributed by atoms with Crippen molar-refractivity contribution in [1.82, 2.24) is 14.7 Å². The van der Waals surface area contributed by atoms with E-state index < -0.39 is 0 Å². The van der Waals surface area contributed by atoms with E-state index in [1.54, 1.807) is 7.11 Å². The molecule has 1 aliphatic heterocycles. The first-order chi connectivity index (χ1) is 13.7. The summed E-state index contributed by atoms with van der Waals surface area (Å²) in [5, 5.41) is 8.75. The highest BCUT2D eigenvalue weighted by Gasteiger charge is 2.18. The molecule has 28 heavy (non-hydrogen) atoms. The molecule has 6 nitrogen and oxygen atoms in total. The van der Waals surface area contributed by atoms with Crippen LogP contribution in [0.1, 0.15) is 0 Å². The Balaban J connectivity index is 1.38. The Morgan fingerprint density at radius 2 is 1.75 bits per heavy atom. The molecule has 1 aliphatic rings. The van der Waals surface area contributed by atoms with Crippen LogP contribution in [0.5, 0.6) is 5.75 Å². The first-order valence-electron chi connectivity index (χ1n) is 9.23. The van der Waals surface area contributed by atoms with Crippen molar-refractivity contribution < 1.29 is 4.74 Å². The van der Waals surface area contributed by atoms with Crippen LogP contribution >= 0.6 is 23.6 Å². The van der Waals surface area contributed by atoms with Gasteiger partial charge < -0.3 is 15.0 Å². The third-order valence-electron chi connectivity index (χ3n) is 4.78. The van der Waals surface area contributed by atoms with Gasteiger partial charge in [0.05, 0.1) is 19.5 Å². The van der Waals surface area contributed by atoms with E-state index in [2.05, 4.69) is 50.5 Å². The molecule has 8 heteroatoms. The Bertz CT molecular complexity index is 964. The highest BCUT2D eigenvalue weighted by molar-refractivity contribution is 7.73. The number of methoxy groups -OCH3 is 1. The topological polar surface area (TPSA) is 45.6 Å². The summed E-state index contributed by atoms with van der Waals surface area (Å²) in [6, 6.07) is 18.4. The van der Waals surface area contributed by atoms with Gasteiger partial charge in [-0.05, 0) is 36.5 Å². The fraction of sp³-hybridized carbons (Fsp3) is 0.300. The average molecular weight is 414 g/mol. The van der Waals surface area contributed by atoms with Gasteiger partial charge >= 0.3 is 0 Å². The van der Waals surface area contributed by atoms with Crippen molar-refractivity contribution in [1.29, 1.82) is 0 Å². The van der Waals surface area contributed by atoms with E-state index >= 15 is 0 Å². The van der Waals surface area contributed by atoms with Gasteiger partial charge in [-0.3, -0.25) is 4.90 Å². The van der Waals surface area contributed by atoms with Crippen LogP contribution in [0.25, 0.3) is 0 Å². The van der Waals surface area contributed by atoms with Gasteiger partial charge in [0.15, 0.2) is 3.95 Å². The van der Waals surface area contributed by atoms with E-state index in [0.717, 1.165) is 46.7 Å². The molecule has 1 aromatic heterocycles. The predicted molar refractivity (Wildman–Crippen MR) is 117 cm³/mol. The number of hydrogen-bond donors (Lipinski definition) is 1. The highest BCUT2D eigenvalue weighted by atomic mass is 32.1. The Morgan fingerprint density at radius 3 is 2.50 bits per heavy atom. The second-order valence-corrected chi connectivity index (χ2v) is 8.20. The van der Waals surface area contributed by atoms with Crippen LogP contribution in [-0.2, 0) is 6.67 Å². The maximum Gasteiger partial charge on any atom is 0.209 e. The average Bonchev–Trinajstić information content (AvgIpc) is 3.08. The Labute approximate surface area is 174 Å². The van der Waals surface area contributed by atoms with Crippen molar-refractivity contribution in [3.63, 3.8) is 0 Å². The van der Waals surface area contributed by atoms with E-state index in [0.29, 0.717) is 6.67 Å². The van der Waals surface area contributed by atoms with Crippen molar-refractivity contribution in [2.45, 2.75) is 6.67 Å². The lowest BCUT2D eigenvalue weighted by molar-refractivity contribution is 0.195. The van der Waals surface area contributed by atoms with Crippen LogP contribution in [0.15, 0.2) is 54.6 Å². The van der Waals surface area contributed by atoms with E-state index in [1.165, 1.54) is 17.0 Å². The fourth-order valence-electron chi connectivity index (χ4n) is 3.28. The van der Waals surface area contributed by atoms with E-state index in [-0.39, 0.29) is 0 Å². The van der Waals surface area contributed by atoms with Crippen molar-refractivity contribution in [3.05, 3.63) is 58.6 Å². The molecule has 2 aromatic carbocycles. The SMILES string of the molecule is COc1ccccc1Nc1nn(CN2CCN(c3ccccc3)CC2)c(=S)s1. The molecule has 0 atom stereocenters. The first-order valence-corrected chi connectivity index (χ1v) is 10.5. The van der Waals surface area contributed by atoms with Crippen molar-refractivity contribution >= 4 is 40.1 Å². The summed E-state index contributed by atoms with van der Waals surface area (Å²) in [5.41, 5.74) is 2.17. The number of nitrogens with one attached hydrogen (secondary N) is 1. The predicted octanol–water partition coefficient (Wildman–Crippen LogP) is 4.21. The molecule has 3 aromatic rings. The minimum absolute atomic E-state index is 0.714. The van der Waals surface area contributed by atoms with Gasteiger partial charge in [-0.2, -0.15) is 0 Å². The number of piperazine rings is 1. The van der Waals surface area contributed by atoms with Gasteiger partial charge in [-0.25, -0.2) is 4.68 Å². The van der Waals surface area contributed by atoms with Crippen LogP contribution in [0.2, 0.25) is 0 Å². The van der Waals surface area contributed by atoms with Crippen LogP contribution in [0.4, 0.5) is 16.5 Å². The third kappa shape index (κ3) is 4.35. The third-order valence-corrected chi connectivity index (χ3v) is 6.01. The van der Waals surface area contributed by atoms with Gasteiger partial charge in [0.2, 0.25) is 5.13 Å². The molecule has 0 amide bonds. The molecule has 0 unspecified atom stereocenters. The Morgan fingerprint density at radius 1 is 1.04 bits per heavy atom. The maximum atomic E-state index is 5.53. The smallest absolute Gasteiger partial charge is 0.209 e. The van der Waals surface area contributed by atoms with Gasteiger partial charge in [-0.15, -0.1) is 5.10 Å². The Hall–Kier alpha value is -2.42. The Kier molecular flexibility index (Phi) is 5.90. The fourth-order valence-corrected chi connectivity index (χ4v) is 4.29. The summed E-state index contributed by atoms with van der Waals surface area (Å²) < 4.78 is 8.06. The summed E-state index contributed by atoms with van der Waals surface area (Å²) in [6.45, 7) is 4.71. The quantitative estimate of drug-likeness (QED) is 0.611. The first kappa shape index (κ1) is 18.9. The molecule has 0 aliphatic carbocycles. The molecule has 1 N–H and O–H groups in total. The molecule has 2 heterocycles. The zero-order chi connectivity index (χ0) is 19.3. The summed E-state index contributed by atoms with van der Waals surface area (Å²) in [6.07, 6.45) is 0. The summed E-state index contributed by atoms with van der Waals surface area (Å²) in [5.74, 6) is 0.784. The molecule has 0 bridgehead atoms. The number of anilines is 3. The van der Waals surface area contributed by atoms with E-state index in [9.17, 15) is 0 Å².